The number of carbonyl (C=O) groups excluding carboxylic acids is 2. The van der Waals surface area contributed by atoms with Crippen molar-refractivity contribution >= 4 is 18.0 Å². The highest BCUT2D eigenvalue weighted by Gasteiger charge is 2.18. The fourth-order valence-electron chi connectivity index (χ4n) is 1.97. The summed E-state index contributed by atoms with van der Waals surface area (Å²) in [5.74, 6) is -2.26. The smallest absolute Gasteiger partial charge is 0.338 e. The molecule has 1 unspecified atom stereocenters. The van der Waals surface area contributed by atoms with Gasteiger partial charge in [0.15, 0.2) is 11.5 Å². The lowest BCUT2D eigenvalue weighted by atomic mass is 10.1. The Kier molecular flexibility index (Phi) is 5.70. The number of benzene rings is 2. The lowest BCUT2D eigenvalue weighted by Gasteiger charge is -2.09. The van der Waals surface area contributed by atoms with E-state index in [-0.39, 0.29) is 17.9 Å². The average molecular weight is 327 g/mol. The molecule has 0 amide bonds. The van der Waals surface area contributed by atoms with Gasteiger partial charge >= 0.3 is 11.9 Å². The Labute approximate surface area is 138 Å². The van der Waals surface area contributed by atoms with Crippen LogP contribution < -0.4 is 5.73 Å². The molecule has 0 fully saturated rings. The Morgan fingerprint density at radius 1 is 1.08 bits per heavy atom. The molecule has 0 spiro atoms. The fraction of sp³-hybridized carbons (Fsp3) is 0.111. The molecule has 6 heteroatoms. The molecular formula is C18H17NO5. The minimum Gasteiger partial charge on any atom is -0.504 e. The first-order valence-electron chi connectivity index (χ1n) is 7.21. The molecule has 124 valence electrons. The summed E-state index contributed by atoms with van der Waals surface area (Å²) in [6, 6.07) is 12.2. The van der Waals surface area contributed by atoms with Crippen molar-refractivity contribution in [3.05, 3.63) is 65.7 Å². The number of hydrogen-bond donors (Lipinski definition) is 3. The van der Waals surface area contributed by atoms with Crippen molar-refractivity contribution in [3.8, 4) is 11.5 Å². The van der Waals surface area contributed by atoms with Gasteiger partial charge in [0.25, 0.3) is 0 Å². The molecule has 0 saturated carbocycles. The van der Waals surface area contributed by atoms with Crippen LogP contribution in [0, 0.1) is 0 Å². The van der Waals surface area contributed by atoms with Crippen molar-refractivity contribution in [2.45, 2.75) is 12.5 Å². The van der Waals surface area contributed by atoms with Gasteiger partial charge in [0.05, 0.1) is 0 Å². The van der Waals surface area contributed by atoms with Crippen molar-refractivity contribution in [3.63, 3.8) is 0 Å². The van der Waals surface area contributed by atoms with E-state index in [2.05, 4.69) is 4.74 Å². The van der Waals surface area contributed by atoms with Gasteiger partial charge in [-0.3, -0.25) is 0 Å². The predicted octanol–water partition coefficient (Wildman–Crippen LogP) is 1.75. The maximum Gasteiger partial charge on any atom is 0.338 e. The maximum atomic E-state index is 11.8. The summed E-state index contributed by atoms with van der Waals surface area (Å²) in [5.41, 5.74) is 7.06. The summed E-state index contributed by atoms with van der Waals surface area (Å²) >= 11 is 0. The van der Waals surface area contributed by atoms with E-state index in [0.717, 1.165) is 11.6 Å². The Morgan fingerprint density at radius 3 is 2.46 bits per heavy atom. The Hall–Kier alpha value is -3.12. The number of ether oxygens (including phenoxy) is 1. The first-order chi connectivity index (χ1) is 11.5. The summed E-state index contributed by atoms with van der Waals surface area (Å²) < 4.78 is 4.66. The topological polar surface area (TPSA) is 110 Å². The highest BCUT2D eigenvalue weighted by atomic mass is 16.6. The van der Waals surface area contributed by atoms with Crippen LogP contribution in [0.4, 0.5) is 0 Å². The number of esters is 2. The summed E-state index contributed by atoms with van der Waals surface area (Å²) in [6.07, 6.45) is 2.65. The third-order valence-electron chi connectivity index (χ3n) is 3.21. The van der Waals surface area contributed by atoms with Gasteiger partial charge in [-0.25, -0.2) is 9.59 Å². The van der Waals surface area contributed by atoms with Crippen LogP contribution in [0.1, 0.15) is 11.1 Å². The van der Waals surface area contributed by atoms with Crippen LogP contribution in [0.2, 0.25) is 0 Å². The quantitative estimate of drug-likeness (QED) is 0.334. The molecule has 2 aromatic carbocycles. The van der Waals surface area contributed by atoms with Crippen molar-refractivity contribution in [1.82, 2.24) is 0 Å². The van der Waals surface area contributed by atoms with Crippen molar-refractivity contribution in [2.24, 2.45) is 5.73 Å². The van der Waals surface area contributed by atoms with Gasteiger partial charge in [-0.2, -0.15) is 0 Å². The molecule has 0 aliphatic carbocycles. The molecule has 0 aliphatic rings. The Balaban J connectivity index is 1.90. The van der Waals surface area contributed by atoms with Crippen molar-refractivity contribution < 1.29 is 24.5 Å². The minimum absolute atomic E-state index is 0.266. The molecule has 1 atom stereocenters. The number of nitrogens with two attached hydrogens (primary N) is 1. The molecule has 0 aromatic heterocycles. The largest absolute Gasteiger partial charge is 0.504 e. The lowest BCUT2D eigenvalue weighted by Crippen LogP contribution is -2.35. The van der Waals surface area contributed by atoms with E-state index in [1.807, 2.05) is 30.3 Å². The molecule has 0 saturated heterocycles. The van der Waals surface area contributed by atoms with Crippen molar-refractivity contribution in [1.29, 1.82) is 0 Å². The molecule has 4 N–H and O–H groups in total. The number of carbonyl (C=O) groups is 2. The predicted molar refractivity (Wildman–Crippen MR) is 88.0 cm³/mol. The standard InChI is InChI=1S/C18H17NO5/c19-14(10-12-4-2-1-3-5-12)18(23)24-17(22)9-7-13-6-8-15(20)16(21)11-13/h1-9,11,14,20-21H,10,19H2/b9-7+. The van der Waals surface area contributed by atoms with Gasteiger partial charge in [0.1, 0.15) is 6.04 Å². The number of phenolic OH excluding ortho intramolecular Hbond substituents is 2. The van der Waals surface area contributed by atoms with E-state index in [1.165, 1.54) is 24.3 Å². The average Bonchev–Trinajstić information content (AvgIpc) is 2.56. The second kappa shape index (κ2) is 7.94. The van der Waals surface area contributed by atoms with E-state index >= 15 is 0 Å². The zero-order valence-corrected chi connectivity index (χ0v) is 12.8. The fourth-order valence-corrected chi connectivity index (χ4v) is 1.97. The molecular weight excluding hydrogens is 310 g/mol. The monoisotopic (exact) mass is 327 g/mol. The van der Waals surface area contributed by atoms with E-state index in [4.69, 9.17) is 5.73 Å². The normalized spacial score (nSPS) is 12.0. The Morgan fingerprint density at radius 2 is 1.79 bits per heavy atom. The molecule has 0 bridgehead atoms. The second-order valence-corrected chi connectivity index (χ2v) is 5.12. The van der Waals surface area contributed by atoms with Crippen LogP contribution in [-0.4, -0.2) is 28.2 Å². The van der Waals surface area contributed by atoms with Crippen molar-refractivity contribution in [2.75, 3.05) is 0 Å². The van der Waals surface area contributed by atoms with Gasteiger partial charge in [0, 0.05) is 6.08 Å². The van der Waals surface area contributed by atoms with Gasteiger partial charge in [-0.1, -0.05) is 36.4 Å². The van der Waals surface area contributed by atoms with Gasteiger partial charge in [-0.05, 0) is 35.8 Å². The van der Waals surface area contributed by atoms with Crippen LogP contribution >= 0.6 is 0 Å². The van der Waals surface area contributed by atoms with Crippen LogP contribution in [0.5, 0.6) is 11.5 Å². The van der Waals surface area contributed by atoms with Gasteiger partial charge < -0.3 is 20.7 Å². The summed E-state index contributed by atoms with van der Waals surface area (Å²) in [5, 5.41) is 18.6. The van der Waals surface area contributed by atoms with Gasteiger partial charge in [-0.15, -0.1) is 0 Å². The Bertz CT molecular complexity index is 755. The molecule has 6 nitrogen and oxygen atoms in total. The van der Waals surface area contributed by atoms with Crippen LogP contribution in [0.25, 0.3) is 6.08 Å². The molecule has 2 aromatic rings. The van der Waals surface area contributed by atoms with E-state index < -0.39 is 18.0 Å². The van der Waals surface area contributed by atoms with Crippen LogP contribution in [0.3, 0.4) is 0 Å². The van der Waals surface area contributed by atoms with E-state index in [9.17, 15) is 19.8 Å². The molecule has 0 aliphatic heterocycles. The number of phenols is 2. The maximum absolute atomic E-state index is 11.8. The minimum atomic E-state index is -0.942. The zero-order chi connectivity index (χ0) is 17.5. The second-order valence-electron chi connectivity index (χ2n) is 5.12. The first-order valence-corrected chi connectivity index (χ1v) is 7.21. The van der Waals surface area contributed by atoms with E-state index in [1.54, 1.807) is 0 Å². The molecule has 24 heavy (non-hydrogen) atoms. The van der Waals surface area contributed by atoms with E-state index in [0.29, 0.717) is 5.56 Å². The summed E-state index contributed by atoms with van der Waals surface area (Å²) in [4.78, 5) is 23.4. The number of rotatable bonds is 5. The SMILES string of the molecule is NC(Cc1ccccc1)C(=O)OC(=O)/C=C/c1ccc(O)c(O)c1. The third kappa shape index (κ3) is 4.96. The zero-order valence-electron chi connectivity index (χ0n) is 12.8. The van der Waals surface area contributed by atoms with Gasteiger partial charge in [0.2, 0.25) is 0 Å². The first kappa shape index (κ1) is 17.2. The van der Waals surface area contributed by atoms with Crippen LogP contribution in [-0.2, 0) is 20.7 Å². The highest BCUT2D eigenvalue weighted by Crippen LogP contribution is 2.25. The molecule has 0 heterocycles. The third-order valence-corrected chi connectivity index (χ3v) is 3.21. The summed E-state index contributed by atoms with van der Waals surface area (Å²) in [7, 11) is 0. The highest BCUT2D eigenvalue weighted by molar-refractivity contribution is 5.96. The molecule has 2 rings (SSSR count). The number of hydrogen-bond acceptors (Lipinski definition) is 6. The lowest BCUT2D eigenvalue weighted by molar-refractivity contribution is -0.157. The summed E-state index contributed by atoms with van der Waals surface area (Å²) in [6.45, 7) is 0. The molecule has 0 radical (unpaired) electrons. The number of aromatic hydroxyl groups is 2. The van der Waals surface area contributed by atoms with Crippen LogP contribution in [0.15, 0.2) is 54.6 Å².